The van der Waals surface area contributed by atoms with Crippen LogP contribution in [0.5, 0.6) is 5.75 Å². The van der Waals surface area contributed by atoms with Crippen LogP contribution in [0, 0.1) is 0 Å². The number of carbonyl (C=O) groups excluding carboxylic acids is 1. The van der Waals surface area contributed by atoms with Gasteiger partial charge in [0, 0.05) is 49.8 Å². The summed E-state index contributed by atoms with van der Waals surface area (Å²) in [6, 6.07) is 10.2. The Balaban J connectivity index is 1.45. The fourth-order valence-electron chi connectivity index (χ4n) is 3.32. The zero-order valence-corrected chi connectivity index (χ0v) is 16.1. The molecular weight excluding hydrogens is 340 g/mol. The van der Waals surface area contributed by atoms with Crippen LogP contribution in [0.3, 0.4) is 0 Å². The van der Waals surface area contributed by atoms with Gasteiger partial charge in [0.1, 0.15) is 5.75 Å². The number of amides is 1. The van der Waals surface area contributed by atoms with Crippen molar-refractivity contribution in [3.63, 3.8) is 0 Å². The number of ether oxygens (including phenoxy) is 1. The molecule has 1 heterocycles. The number of hydrogen-bond acceptors (Lipinski definition) is 4. The molecule has 0 aliphatic heterocycles. The van der Waals surface area contributed by atoms with Crippen LogP contribution >= 0.6 is 0 Å². The van der Waals surface area contributed by atoms with Gasteiger partial charge in [0.15, 0.2) is 6.61 Å². The molecule has 1 N–H and O–H groups in total. The molecule has 0 radical (unpaired) electrons. The molecule has 0 bridgehead atoms. The van der Waals surface area contributed by atoms with E-state index >= 15 is 0 Å². The number of nitrogens with zero attached hydrogens (tertiary/aromatic N) is 3. The lowest BCUT2D eigenvalue weighted by Gasteiger charge is -2.23. The van der Waals surface area contributed by atoms with Crippen LogP contribution < -0.4 is 15.1 Å². The zero-order valence-electron chi connectivity index (χ0n) is 16.1. The maximum Gasteiger partial charge on any atom is 0.277 e. The Kier molecular flexibility index (Phi) is 6.52. The average Bonchev–Trinajstić information content (AvgIpc) is 3.16. The molecule has 1 aliphatic rings. The van der Waals surface area contributed by atoms with Crippen LogP contribution in [0.15, 0.2) is 47.8 Å². The molecule has 1 fully saturated rings. The molecule has 1 aromatic carbocycles. The van der Waals surface area contributed by atoms with Crippen molar-refractivity contribution in [1.29, 1.82) is 0 Å². The first-order chi connectivity index (χ1) is 13.1. The van der Waals surface area contributed by atoms with E-state index in [1.165, 1.54) is 32.1 Å². The molecule has 0 saturated heterocycles. The highest BCUT2D eigenvalue weighted by Crippen LogP contribution is 2.28. The predicted octanol–water partition coefficient (Wildman–Crippen LogP) is 3.59. The SMILES string of the molecule is CN(C)c1cccc(OCC(=O)N/N=C/c2ccn(C3CCCCC3)c2)c1. The van der Waals surface area contributed by atoms with Crippen molar-refractivity contribution in [2.24, 2.45) is 5.10 Å². The Morgan fingerprint density at radius 3 is 2.89 bits per heavy atom. The minimum Gasteiger partial charge on any atom is -0.484 e. The van der Waals surface area contributed by atoms with Gasteiger partial charge in [0.25, 0.3) is 5.91 Å². The topological polar surface area (TPSA) is 58.9 Å². The molecule has 1 saturated carbocycles. The molecule has 1 aromatic heterocycles. The van der Waals surface area contributed by atoms with E-state index in [1.54, 1.807) is 6.21 Å². The summed E-state index contributed by atoms with van der Waals surface area (Å²) in [6.07, 6.45) is 12.3. The molecule has 3 rings (SSSR count). The van der Waals surface area contributed by atoms with Gasteiger partial charge in [0.05, 0.1) is 6.21 Å². The number of nitrogens with one attached hydrogen (secondary N) is 1. The van der Waals surface area contributed by atoms with Gasteiger partial charge in [-0.05, 0) is 31.0 Å². The molecule has 1 amide bonds. The van der Waals surface area contributed by atoms with Crippen LogP contribution in [-0.2, 0) is 4.79 Å². The first kappa shape index (κ1) is 19.0. The van der Waals surface area contributed by atoms with Crippen LogP contribution in [0.2, 0.25) is 0 Å². The number of hydrogen-bond donors (Lipinski definition) is 1. The maximum atomic E-state index is 11.9. The monoisotopic (exact) mass is 368 g/mol. The molecule has 0 atom stereocenters. The van der Waals surface area contributed by atoms with Crippen molar-refractivity contribution in [3.8, 4) is 5.75 Å². The molecule has 1 aliphatic carbocycles. The summed E-state index contributed by atoms with van der Waals surface area (Å²) in [4.78, 5) is 13.9. The van der Waals surface area contributed by atoms with E-state index in [-0.39, 0.29) is 12.5 Å². The average molecular weight is 368 g/mol. The molecule has 0 spiro atoms. The minimum absolute atomic E-state index is 0.0721. The summed E-state index contributed by atoms with van der Waals surface area (Å²) in [5.41, 5.74) is 4.52. The summed E-state index contributed by atoms with van der Waals surface area (Å²) < 4.78 is 7.80. The number of aromatic nitrogens is 1. The van der Waals surface area contributed by atoms with E-state index in [1.807, 2.05) is 49.3 Å². The van der Waals surface area contributed by atoms with E-state index < -0.39 is 0 Å². The van der Waals surface area contributed by atoms with Gasteiger partial charge in [-0.15, -0.1) is 0 Å². The lowest BCUT2D eigenvalue weighted by molar-refractivity contribution is -0.123. The minimum atomic E-state index is -0.284. The van der Waals surface area contributed by atoms with Gasteiger partial charge < -0.3 is 14.2 Å². The number of rotatable bonds is 7. The summed E-state index contributed by atoms with van der Waals surface area (Å²) in [5.74, 6) is 0.373. The quantitative estimate of drug-likeness (QED) is 0.600. The summed E-state index contributed by atoms with van der Waals surface area (Å²) in [6.45, 7) is -0.0721. The summed E-state index contributed by atoms with van der Waals surface area (Å²) in [5, 5.41) is 4.03. The Hall–Kier alpha value is -2.76. The zero-order chi connectivity index (χ0) is 19.1. The van der Waals surface area contributed by atoms with Crippen LogP contribution in [0.1, 0.15) is 43.7 Å². The maximum absolute atomic E-state index is 11.9. The largest absolute Gasteiger partial charge is 0.484 e. The van der Waals surface area contributed by atoms with Crippen LogP contribution in [0.4, 0.5) is 5.69 Å². The summed E-state index contributed by atoms with van der Waals surface area (Å²) in [7, 11) is 3.92. The van der Waals surface area contributed by atoms with Crippen molar-refractivity contribution in [2.45, 2.75) is 38.1 Å². The Labute approximate surface area is 160 Å². The van der Waals surface area contributed by atoms with Crippen molar-refractivity contribution in [2.75, 3.05) is 25.6 Å². The Morgan fingerprint density at radius 2 is 2.11 bits per heavy atom. The highest BCUT2D eigenvalue weighted by Gasteiger charge is 2.14. The van der Waals surface area contributed by atoms with Gasteiger partial charge in [-0.2, -0.15) is 5.10 Å². The van der Waals surface area contributed by atoms with Gasteiger partial charge in [-0.25, -0.2) is 5.43 Å². The Morgan fingerprint density at radius 1 is 1.30 bits per heavy atom. The molecule has 2 aromatic rings. The van der Waals surface area contributed by atoms with Crippen molar-refractivity contribution < 1.29 is 9.53 Å². The molecular formula is C21H28N4O2. The van der Waals surface area contributed by atoms with E-state index in [0.717, 1.165) is 11.3 Å². The van der Waals surface area contributed by atoms with E-state index in [9.17, 15) is 4.79 Å². The number of carbonyl (C=O) groups is 1. The second-order valence-corrected chi connectivity index (χ2v) is 7.16. The van der Waals surface area contributed by atoms with Crippen molar-refractivity contribution in [3.05, 3.63) is 48.3 Å². The van der Waals surface area contributed by atoms with Gasteiger partial charge in [0.2, 0.25) is 0 Å². The first-order valence-corrected chi connectivity index (χ1v) is 9.51. The molecule has 144 valence electrons. The lowest BCUT2D eigenvalue weighted by Crippen LogP contribution is -2.24. The van der Waals surface area contributed by atoms with Crippen LogP contribution in [0.25, 0.3) is 0 Å². The third-order valence-electron chi connectivity index (χ3n) is 4.84. The number of anilines is 1. The van der Waals surface area contributed by atoms with Crippen molar-refractivity contribution >= 4 is 17.8 Å². The third kappa shape index (κ3) is 5.61. The fraction of sp³-hybridized carbons (Fsp3) is 0.429. The van der Waals surface area contributed by atoms with Gasteiger partial charge in [-0.1, -0.05) is 25.3 Å². The first-order valence-electron chi connectivity index (χ1n) is 9.51. The lowest BCUT2D eigenvalue weighted by atomic mass is 9.95. The third-order valence-corrected chi connectivity index (χ3v) is 4.84. The number of benzene rings is 1. The van der Waals surface area contributed by atoms with Gasteiger partial charge in [-0.3, -0.25) is 4.79 Å². The van der Waals surface area contributed by atoms with E-state index in [0.29, 0.717) is 11.8 Å². The second-order valence-electron chi connectivity index (χ2n) is 7.16. The highest BCUT2D eigenvalue weighted by molar-refractivity contribution is 5.82. The smallest absolute Gasteiger partial charge is 0.277 e. The van der Waals surface area contributed by atoms with Crippen molar-refractivity contribution in [1.82, 2.24) is 9.99 Å². The summed E-state index contributed by atoms with van der Waals surface area (Å²) >= 11 is 0. The molecule has 27 heavy (non-hydrogen) atoms. The predicted molar refractivity (Wildman–Crippen MR) is 109 cm³/mol. The number of hydrazone groups is 1. The van der Waals surface area contributed by atoms with Gasteiger partial charge >= 0.3 is 0 Å². The highest BCUT2D eigenvalue weighted by atomic mass is 16.5. The van der Waals surface area contributed by atoms with E-state index in [2.05, 4.69) is 27.5 Å². The van der Waals surface area contributed by atoms with E-state index in [4.69, 9.17) is 4.74 Å². The van der Waals surface area contributed by atoms with Crippen LogP contribution in [-0.4, -0.2) is 37.4 Å². The second kappa shape index (κ2) is 9.26. The Bertz CT molecular complexity index is 776. The fourth-order valence-corrected chi connectivity index (χ4v) is 3.32. The molecule has 6 nitrogen and oxygen atoms in total. The molecule has 0 unspecified atom stereocenters. The molecule has 6 heteroatoms. The standard InChI is InChI=1S/C21H28N4O2/c1-24(2)19-9-6-10-20(13-19)27-16-21(26)23-22-14-17-11-12-25(15-17)18-7-4-3-5-8-18/h6,9-15,18H,3-5,7-8,16H2,1-2H3,(H,23,26)/b22-14+. The normalized spacial score (nSPS) is 15.0.